The van der Waals surface area contributed by atoms with Crippen LogP contribution in [-0.4, -0.2) is 23.8 Å². The Morgan fingerprint density at radius 3 is 2.80 bits per heavy atom. The van der Waals surface area contributed by atoms with Gasteiger partial charge in [0.2, 0.25) is 0 Å². The molecule has 0 saturated heterocycles. The van der Waals surface area contributed by atoms with Gasteiger partial charge in [0, 0.05) is 6.08 Å². The molecule has 1 N–H and O–H groups in total. The minimum Gasteiger partial charge on any atom is -0.466 e. The van der Waals surface area contributed by atoms with E-state index in [0.29, 0.717) is 11.3 Å². The highest BCUT2D eigenvalue weighted by atomic mass is 16.5. The van der Waals surface area contributed by atoms with Crippen molar-refractivity contribution in [2.24, 2.45) is 40.9 Å². The molecule has 0 radical (unpaired) electrons. The molecule has 0 aliphatic heterocycles. The Kier molecular flexibility index (Phi) is 6.23. The van der Waals surface area contributed by atoms with Crippen molar-refractivity contribution in [3.05, 3.63) is 23.8 Å². The van der Waals surface area contributed by atoms with E-state index < -0.39 is 5.60 Å². The molecule has 4 aliphatic carbocycles. The van der Waals surface area contributed by atoms with Gasteiger partial charge in [-0.2, -0.15) is 0 Å². The van der Waals surface area contributed by atoms with Crippen molar-refractivity contribution >= 4 is 5.97 Å². The Bertz CT molecular complexity index is 709. The van der Waals surface area contributed by atoms with Crippen molar-refractivity contribution in [2.45, 2.75) is 90.6 Å². The highest BCUT2D eigenvalue weighted by Crippen LogP contribution is 2.65. The van der Waals surface area contributed by atoms with Crippen molar-refractivity contribution in [3.8, 4) is 0 Å². The van der Waals surface area contributed by atoms with Crippen LogP contribution in [0.2, 0.25) is 0 Å². The standard InChI is InChI=1S/C27H42O3/c1-5-27(29)16-14-20-19(17-27)9-10-22-21(20)13-15-26(3)23(11-12-24(22)26)18(2)7-6-8-25(28)30-4/h6,8-9,18,20-24,29H,5,7,10-17H2,1-4H3/b8-6-/t18-,20+,21-,22-,23-,24+,26-,27+/m1/s1. The number of fused-ring (bicyclic) bond motifs is 5. The number of carbonyl (C=O) groups is 1. The van der Waals surface area contributed by atoms with Crippen LogP contribution >= 0.6 is 0 Å². The largest absolute Gasteiger partial charge is 0.466 e. The fourth-order valence-electron chi connectivity index (χ4n) is 8.25. The number of rotatable bonds is 5. The van der Waals surface area contributed by atoms with Crippen molar-refractivity contribution in [1.29, 1.82) is 0 Å². The maximum atomic E-state index is 11.4. The van der Waals surface area contributed by atoms with E-state index in [0.717, 1.165) is 55.3 Å². The number of esters is 1. The Labute approximate surface area is 183 Å². The van der Waals surface area contributed by atoms with Crippen LogP contribution in [0, 0.1) is 40.9 Å². The van der Waals surface area contributed by atoms with Gasteiger partial charge in [-0.05, 0) is 105 Å². The number of carbonyl (C=O) groups excluding carboxylic acids is 1. The maximum absolute atomic E-state index is 11.4. The van der Waals surface area contributed by atoms with Gasteiger partial charge >= 0.3 is 5.97 Å². The molecule has 0 heterocycles. The highest BCUT2D eigenvalue weighted by molar-refractivity contribution is 5.81. The lowest BCUT2D eigenvalue weighted by molar-refractivity contribution is -0.134. The number of aliphatic hydroxyl groups is 1. The van der Waals surface area contributed by atoms with E-state index in [1.807, 2.05) is 6.08 Å². The molecule has 0 unspecified atom stereocenters. The van der Waals surface area contributed by atoms with E-state index in [1.165, 1.54) is 45.6 Å². The molecule has 0 spiro atoms. The second kappa shape index (κ2) is 8.45. The van der Waals surface area contributed by atoms with Gasteiger partial charge in [-0.15, -0.1) is 0 Å². The number of allylic oxidation sites excluding steroid dienone is 2. The molecule has 4 aliphatic rings. The summed E-state index contributed by atoms with van der Waals surface area (Å²) in [4.78, 5) is 11.4. The third-order valence-corrected chi connectivity index (χ3v) is 9.97. The molecule has 0 amide bonds. The first-order chi connectivity index (χ1) is 14.3. The smallest absolute Gasteiger partial charge is 0.330 e. The molecule has 3 heteroatoms. The topological polar surface area (TPSA) is 46.5 Å². The molecule has 4 rings (SSSR count). The molecule has 3 nitrogen and oxygen atoms in total. The van der Waals surface area contributed by atoms with E-state index in [-0.39, 0.29) is 5.97 Å². The molecular weight excluding hydrogens is 372 g/mol. The SMILES string of the molecule is CC[C@]1(O)CC[C@H]2C(=CC[C@@H]3[C@@H]2CC[C@]2(C)[C@@H]([C@H](C)C/C=C\C(=O)OC)CC[C@@H]32)C1. The molecular formula is C27H42O3. The second-order valence-corrected chi connectivity index (χ2v) is 11.2. The summed E-state index contributed by atoms with van der Waals surface area (Å²) in [6, 6.07) is 0. The average Bonchev–Trinajstić information content (AvgIpc) is 3.10. The molecule has 8 atom stereocenters. The molecule has 168 valence electrons. The van der Waals surface area contributed by atoms with E-state index >= 15 is 0 Å². The van der Waals surface area contributed by atoms with Crippen LogP contribution in [0.25, 0.3) is 0 Å². The van der Waals surface area contributed by atoms with E-state index in [9.17, 15) is 9.90 Å². The van der Waals surface area contributed by atoms with E-state index in [2.05, 4.69) is 26.8 Å². The third-order valence-electron chi connectivity index (χ3n) is 9.97. The third kappa shape index (κ3) is 3.80. The summed E-state index contributed by atoms with van der Waals surface area (Å²) in [5.41, 5.74) is 1.60. The first-order valence-electron chi connectivity index (χ1n) is 12.5. The summed E-state index contributed by atoms with van der Waals surface area (Å²) in [5, 5.41) is 10.8. The van der Waals surface area contributed by atoms with Gasteiger partial charge in [0.25, 0.3) is 0 Å². The highest BCUT2D eigenvalue weighted by Gasteiger charge is 2.56. The van der Waals surface area contributed by atoms with E-state index in [1.54, 1.807) is 11.6 Å². The molecule has 30 heavy (non-hydrogen) atoms. The Hall–Kier alpha value is -1.09. The summed E-state index contributed by atoms with van der Waals surface area (Å²) < 4.78 is 4.74. The average molecular weight is 415 g/mol. The fourth-order valence-corrected chi connectivity index (χ4v) is 8.25. The number of hydrogen-bond acceptors (Lipinski definition) is 3. The van der Waals surface area contributed by atoms with Gasteiger partial charge in [0.15, 0.2) is 0 Å². The molecule has 3 saturated carbocycles. The van der Waals surface area contributed by atoms with Gasteiger partial charge in [-0.25, -0.2) is 4.79 Å². The Balaban J connectivity index is 1.46. The predicted octanol–water partition coefficient (Wildman–Crippen LogP) is 6.07. The summed E-state index contributed by atoms with van der Waals surface area (Å²) >= 11 is 0. The predicted molar refractivity (Wildman–Crippen MR) is 121 cm³/mol. The van der Waals surface area contributed by atoms with Gasteiger partial charge in [0.05, 0.1) is 12.7 Å². The van der Waals surface area contributed by atoms with Crippen LogP contribution < -0.4 is 0 Å². The molecule has 3 fully saturated rings. The summed E-state index contributed by atoms with van der Waals surface area (Å²) in [7, 11) is 1.44. The van der Waals surface area contributed by atoms with Gasteiger partial charge in [-0.1, -0.05) is 38.5 Å². The molecule has 0 aromatic carbocycles. The number of methoxy groups -OCH3 is 1. The lowest BCUT2D eigenvalue weighted by Crippen LogP contribution is -2.48. The quantitative estimate of drug-likeness (QED) is 0.337. The minimum atomic E-state index is -0.441. The monoisotopic (exact) mass is 414 g/mol. The van der Waals surface area contributed by atoms with Crippen LogP contribution in [0.3, 0.4) is 0 Å². The summed E-state index contributed by atoms with van der Waals surface area (Å²) in [6.07, 6.45) is 17.8. The lowest BCUT2D eigenvalue weighted by atomic mass is 9.50. The zero-order chi connectivity index (χ0) is 21.5. The summed E-state index contributed by atoms with van der Waals surface area (Å²) in [5.74, 6) is 4.39. The van der Waals surface area contributed by atoms with Crippen LogP contribution in [0.15, 0.2) is 23.8 Å². The molecule has 0 aromatic heterocycles. The lowest BCUT2D eigenvalue weighted by Gasteiger charge is -2.55. The van der Waals surface area contributed by atoms with Crippen LogP contribution in [0.4, 0.5) is 0 Å². The second-order valence-electron chi connectivity index (χ2n) is 11.2. The van der Waals surface area contributed by atoms with Gasteiger partial charge < -0.3 is 9.84 Å². The van der Waals surface area contributed by atoms with Crippen molar-refractivity contribution < 1.29 is 14.6 Å². The minimum absolute atomic E-state index is 0.245. The summed E-state index contributed by atoms with van der Waals surface area (Å²) in [6.45, 7) is 7.11. The van der Waals surface area contributed by atoms with Crippen molar-refractivity contribution in [1.82, 2.24) is 0 Å². The normalized spacial score (nSPS) is 44.0. The molecule has 0 aromatic rings. The van der Waals surface area contributed by atoms with Crippen molar-refractivity contribution in [3.63, 3.8) is 0 Å². The first kappa shape index (κ1) is 22.1. The van der Waals surface area contributed by atoms with Gasteiger partial charge in [0.1, 0.15) is 0 Å². The van der Waals surface area contributed by atoms with Gasteiger partial charge in [-0.3, -0.25) is 0 Å². The first-order valence-corrected chi connectivity index (χ1v) is 12.5. The van der Waals surface area contributed by atoms with E-state index in [4.69, 9.17) is 4.74 Å². The Morgan fingerprint density at radius 1 is 1.27 bits per heavy atom. The molecule has 0 bridgehead atoms. The zero-order valence-electron chi connectivity index (χ0n) is 19.5. The fraction of sp³-hybridized carbons (Fsp3) is 0.815. The number of ether oxygens (including phenoxy) is 1. The van der Waals surface area contributed by atoms with Crippen molar-refractivity contribution in [2.75, 3.05) is 7.11 Å². The Morgan fingerprint density at radius 2 is 2.07 bits per heavy atom. The zero-order valence-corrected chi connectivity index (χ0v) is 19.5. The number of hydrogen-bond donors (Lipinski definition) is 1. The maximum Gasteiger partial charge on any atom is 0.330 e. The van der Waals surface area contributed by atoms with Crippen LogP contribution in [0.5, 0.6) is 0 Å². The van der Waals surface area contributed by atoms with Crippen LogP contribution in [-0.2, 0) is 9.53 Å². The van der Waals surface area contributed by atoms with Crippen LogP contribution in [0.1, 0.15) is 85.0 Å².